The van der Waals surface area contributed by atoms with Crippen molar-refractivity contribution in [2.45, 2.75) is 94.9 Å². The van der Waals surface area contributed by atoms with Crippen molar-refractivity contribution >= 4 is 85.3 Å². The van der Waals surface area contributed by atoms with Crippen LogP contribution in [0.2, 0.25) is 5.15 Å². The highest BCUT2D eigenvalue weighted by Crippen LogP contribution is 2.34. The molecule has 0 bridgehead atoms. The Hall–Kier alpha value is -4.77. The molecular formula is C43H52ClN7O7S2. The van der Waals surface area contributed by atoms with E-state index >= 15 is 0 Å². The van der Waals surface area contributed by atoms with E-state index in [2.05, 4.69) is 36.6 Å². The van der Waals surface area contributed by atoms with Crippen LogP contribution in [0.3, 0.4) is 0 Å². The normalized spacial score (nSPS) is 16.8. The molecule has 4 aromatic rings. The summed E-state index contributed by atoms with van der Waals surface area (Å²) in [7, 11) is 0. The number of thioether (sulfide) groups is 1. The Balaban J connectivity index is 0.765. The number of nitrogens with zero attached hydrogens (tertiary/aromatic N) is 2. The summed E-state index contributed by atoms with van der Waals surface area (Å²) in [4.78, 5) is 69.0. The maximum Gasteiger partial charge on any atom is 0.315 e. The number of carbonyl (C=O) groups excluding carboxylic acids is 5. The molecule has 17 heteroatoms. The number of aromatic nitrogens is 2. The average Bonchev–Trinajstić information content (AvgIpc) is 3.91. The van der Waals surface area contributed by atoms with Gasteiger partial charge in [-0.2, -0.15) is 11.8 Å². The number of benzene rings is 2. The highest BCUT2D eigenvalue weighted by molar-refractivity contribution is 8.00. The summed E-state index contributed by atoms with van der Waals surface area (Å²) in [6.45, 7) is 3.31. The van der Waals surface area contributed by atoms with Crippen LogP contribution in [-0.4, -0.2) is 89.0 Å². The second kappa shape index (κ2) is 22.7. The summed E-state index contributed by atoms with van der Waals surface area (Å²) >= 11 is 9.61. The van der Waals surface area contributed by atoms with Gasteiger partial charge in [-0.3, -0.25) is 19.2 Å². The number of ether oxygens (including phenoxy) is 2. The molecule has 2 saturated heterocycles. The van der Waals surface area contributed by atoms with Crippen LogP contribution >= 0.6 is 34.7 Å². The first-order valence-electron chi connectivity index (χ1n) is 20.5. The number of amides is 5. The quantitative estimate of drug-likeness (QED) is 0.0271. The molecule has 0 unspecified atom stereocenters. The summed E-state index contributed by atoms with van der Waals surface area (Å²) in [5, 5.41) is 15.7. The lowest BCUT2D eigenvalue weighted by atomic mass is 10.0. The van der Waals surface area contributed by atoms with Gasteiger partial charge in [0.2, 0.25) is 17.7 Å². The third-order valence-electron chi connectivity index (χ3n) is 10.2. The number of pyridine rings is 1. The van der Waals surface area contributed by atoms with Gasteiger partial charge in [0.15, 0.2) is 10.3 Å². The molecule has 2 aliphatic heterocycles. The standard InChI is InChI=1S/C43H52ClN7O7S2/c1-27(52)47-43-50-33-17-14-29(24-37(33)60-43)30-23-34(41(44)46-25-30)48-39(55)22-28-12-15-32(16-13-28)58-21-20-57-19-7-9-31(53)8-3-2-6-18-45-38(54)11-5-4-10-36-40-35(26-59-36)49-42(56)51-40/h12-17,23-25,35-36,40H,2-11,18-22,26H2,1H3,(H,45,54)(H,48,55)(H,47,50,52)(H2,49,51,56)/t35-,36-,40-/m0/s1. The molecule has 6 rings (SSSR count). The number of thiazole rings is 1. The number of fused-ring (bicyclic) bond motifs is 2. The van der Waals surface area contributed by atoms with Crippen molar-refractivity contribution in [3.63, 3.8) is 0 Å². The van der Waals surface area contributed by atoms with E-state index in [0.29, 0.717) is 73.9 Å². The molecule has 60 heavy (non-hydrogen) atoms. The maximum absolute atomic E-state index is 12.9. The van der Waals surface area contributed by atoms with Crippen molar-refractivity contribution in [1.82, 2.24) is 25.9 Å². The summed E-state index contributed by atoms with van der Waals surface area (Å²) in [5.41, 5.74) is 3.60. The van der Waals surface area contributed by atoms with E-state index in [4.69, 9.17) is 21.1 Å². The van der Waals surface area contributed by atoms with Crippen molar-refractivity contribution in [2.75, 3.05) is 42.8 Å². The SMILES string of the molecule is CC(=O)Nc1nc2ccc(-c3cnc(Cl)c(NC(=O)Cc4ccc(OCCOCCCC(=O)CCCCCNC(=O)CCCC[C@@H]5SC[C@@H]6NC(=O)N[C@@H]65)cc4)c3)cc2s1. The summed E-state index contributed by atoms with van der Waals surface area (Å²) in [6, 6.07) is 15.2. The van der Waals surface area contributed by atoms with Crippen molar-refractivity contribution in [3.05, 3.63) is 65.4 Å². The molecule has 0 spiro atoms. The Bertz CT molecular complexity index is 2120. The molecule has 3 atom stereocenters. The number of anilines is 2. The molecule has 0 aliphatic carbocycles. The molecule has 2 aromatic carbocycles. The van der Waals surface area contributed by atoms with Crippen LogP contribution < -0.4 is 31.3 Å². The Morgan fingerprint density at radius 3 is 2.52 bits per heavy atom. The molecule has 4 heterocycles. The fourth-order valence-electron chi connectivity index (χ4n) is 7.12. The van der Waals surface area contributed by atoms with E-state index < -0.39 is 0 Å². The largest absolute Gasteiger partial charge is 0.491 e. The van der Waals surface area contributed by atoms with Gasteiger partial charge < -0.3 is 36.1 Å². The van der Waals surface area contributed by atoms with Crippen molar-refractivity contribution in [2.24, 2.45) is 0 Å². The Labute approximate surface area is 363 Å². The number of hydrogen-bond acceptors (Lipinski definition) is 11. The number of Topliss-reactive ketones (excluding diaryl/α,β-unsaturated/α-hetero) is 1. The van der Waals surface area contributed by atoms with Gasteiger partial charge in [0, 0.05) is 62.1 Å². The maximum atomic E-state index is 12.9. The summed E-state index contributed by atoms with van der Waals surface area (Å²) in [5.74, 6) is 1.49. The van der Waals surface area contributed by atoms with Gasteiger partial charge in [-0.15, -0.1) is 0 Å². The predicted octanol–water partition coefficient (Wildman–Crippen LogP) is 7.30. The molecule has 0 saturated carbocycles. The van der Waals surface area contributed by atoms with Crippen molar-refractivity contribution < 1.29 is 33.4 Å². The fraction of sp³-hybridized carbons (Fsp3) is 0.465. The van der Waals surface area contributed by atoms with Crippen LogP contribution in [0.1, 0.15) is 76.7 Å². The Kier molecular flexibility index (Phi) is 17.0. The molecule has 2 aliphatic rings. The van der Waals surface area contributed by atoms with Crippen molar-refractivity contribution in [1.29, 1.82) is 0 Å². The van der Waals surface area contributed by atoms with Crippen LogP contribution in [-0.2, 0) is 30.3 Å². The minimum atomic E-state index is -0.244. The zero-order valence-electron chi connectivity index (χ0n) is 33.7. The topological polar surface area (TPSA) is 190 Å². The van der Waals surface area contributed by atoms with E-state index in [1.807, 2.05) is 42.1 Å². The van der Waals surface area contributed by atoms with Gasteiger partial charge in [0.05, 0.1) is 41.0 Å². The van der Waals surface area contributed by atoms with Crippen molar-refractivity contribution in [3.8, 4) is 16.9 Å². The highest BCUT2D eigenvalue weighted by atomic mass is 35.5. The number of hydrogen-bond donors (Lipinski definition) is 5. The van der Waals surface area contributed by atoms with Gasteiger partial charge in [0.25, 0.3) is 0 Å². The molecule has 14 nitrogen and oxygen atoms in total. The van der Waals surface area contributed by atoms with E-state index in [1.165, 1.54) is 18.3 Å². The first-order chi connectivity index (χ1) is 29.1. The number of urea groups is 1. The monoisotopic (exact) mass is 877 g/mol. The lowest BCUT2D eigenvalue weighted by Gasteiger charge is -2.16. The number of carbonyl (C=O) groups is 5. The number of unbranched alkanes of at least 4 members (excludes halogenated alkanes) is 3. The second-order valence-electron chi connectivity index (χ2n) is 14.9. The van der Waals surface area contributed by atoms with Gasteiger partial charge in [-0.25, -0.2) is 14.8 Å². The first-order valence-corrected chi connectivity index (χ1v) is 22.7. The zero-order valence-corrected chi connectivity index (χ0v) is 36.1. The summed E-state index contributed by atoms with van der Waals surface area (Å²) in [6.07, 6.45) is 9.37. The Morgan fingerprint density at radius 2 is 1.68 bits per heavy atom. The molecule has 5 N–H and O–H groups in total. The van der Waals surface area contributed by atoms with Gasteiger partial charge in [-0.1, -0.05) is 54.0 Å². The fourth-order valence-corrected chi connectivity index (χ4v) is 9.76. The van der Waals surface area contributed by atoms with Gasteiger partial charge >= 0.3 is 6.03 Å². The van der Waals surface area contributed by atoms with E-state index in [-0.39, 0.29) is 53.2 Å². The van der Waals surface area contributed by atoms with E-state index in [9.17, 15) is 24.0 Å². The van der Waals surface area contributed by atoms with Crippen LogP contribution in [0.15, 0.2) is 54.7 Å². The van der Waals surface area contributed by atoms with Crippen LogP contribution in [0.4, 0.5) is 15.6 Å². The average molecular weight is 879 g/mol. The smallest absolute Gasteiger partial charge is 0.315 e. The molecule has 0 radical (unpaired) electrons. The third-order valence-corrected chi connectivity index (χ3v) is 12.9. The number of nitrogens with one attached hydrogen (secondary N) is 5. The second-order valence-corrected chi connectivity index (χ2v) is 17.6. The summed E-state index contributed by atoms with van der Waals surface area (Å²) < 4.78 is 12.3. The highest BCUT2D eigenvalue weighted by Gasteiger charge is 2.42. The first kappa shape index (κ1) is 44.8. The minimum absolute atomic E-state index is 0.0667. The number of rotatable bonds is 24. The zero-order chi connectivity index (χ0) is 42.3. The third kappa shape index (κ3) is 13.9. The van der Waals surface area contributed by atoms with E-state index in [0.717, 1.165) is 71.2 Å². The minimum Gasteiger partial charge on any atom is -0.491 e. The lowest BCUT2D eigenvalue weighted by Crippen LogP contribution is -2.36. The number of ketones is 1. The molecule has 2 aromatic heterocycles. The van der Waals surface area contributed by atoms with Crippen LogP contribution in [0.25, 0.3) is 21.3 Å². The molecule has 320 valence electrons. The lowest BCUT2D eigenvalue weighted by molar-refractivity contribution is -0.121. The van der Waals surface area contributed by atoms with E-state index in [1.54, 1.807) is 24.4 Å². The Morgan fingerprint density at radius 1 is 0.867 bits per heavy atom. The number of halogens is 1. The van der Waals surface area contributed by atoms with Crippen LogP contribution in [0.5, 0.6) is 5.75 Å². The molecule has 2 fully saturated rings. The molecular weight excluding hydrogens is 826 g/mol. The van der Waals surface area contributed by atoms with Crippen LogP contribution in [0, 0.1) is 0 Å². The molecule has 5 amide bonds. The van der Waals surface area contributed by atoms with Gasteiger partial charge in [-0.05, 0) is 73.6 Å². The van der Waals surface area contributed by atoms with Gasteiger partial charge in [0.1, 0.15) is 18.1 Å². The predicted molar refractivity (Wildman–Crippen MR) is 237 cm³/mol.